The minimum Gasteiger partial charge on any atom is -0.341 e. The van der Waals surface area contributed by atoms with Crippen LogP contribution in [0.4, 0.5) is 0 Å². The maximum atomic E-state index is 2.47. The van der Waals surface area contributed by atoms with Gasteiger partial charge in [-0.2, -0.15) is 0 Å². The van der Waals surface area contributed by atoms with Crippen molar-refractivity contribution in [1.82, 2.24) is 13.7 Å². The van der Waals surface area contributed by atoms with E-state index in [9.17, 15) is 0 Å². The molecule has 0 fully saturated rings. The Morgan fingerprint density at radius 2 is 0.696 bits per heavy atom. The second kappa shape index (κ2) is 12.9. The minimum absolute atomic E-state index is 0.827. The fourth-order valence-corrected chi connectivity index (χ4v) is 9.51. The summed E-state index contributed by atoms with van der Waals surface area (Å²) in [4.78, 5) is 0. The Bertz CT molecular complexity index is 3300. The average Bonchev–Trinajstić information content (AvgIpc) is 3.88. The first-order valence-electron chi connectivity index (χ1n) is 19.9. The summed E-state index contributed by atoms with van der Waals surface area (Å²) >= 11 is 0. The molecular weight excluding hydrogens is 679 g/mol. The van der Waals surface area contributed by atoms with E-state index >= 15 is 0 Å². The van der Waals surface area contributed by atoms with Gasteiger partial charge in [-0.05, 0) is 113 Å². The van der Waals surface area contributed by atoms with E-state index in [0.717, 1.165) is 19.6 Å². The van der Waals surface area contributed by atoms with Crippen LogP contribution in [-0.4, -0.2) is 13.7 Å². The monoisotopic (exact) mass is 719 g/mol. The van der Waals surface area contributed by atoms with Crippen LogP contribution in [0.1, 0.15) is 19.4 Å². The Kier molecular flexibility index (Phi) is 7.50. The highest BCUT2D eigenvalue weighted by atomic mass is 15.0. The quantitative estimate of drug-likeness (QED) is 0.156. The topological polar surface area (TPSA) is 14.8 Å². The average molecular weight is 720 g/mol. The van der Waals surface area contributed by atoms with Crippen LogP contribution in [0.15, 0.2) is 176 Å². The summed E-state index contributed by atoms with van der Waals surface area (Å²) in [5.41, 5.74) is 16.3. The van der Waals surface area contributed by atoms with Crippen LogP contribution in [-0.2, 0) is 19.6 Å². The maximum Gasteiger partial charge on any atom is 0.0494 e. The maximum absolute atomic E-state index is 2.47. The molecular formula is C53H41N3. The Hall–Kier alpha value is -6.84. The zero-order chi connectivity index (χ0) is 37.3. The van der Waals surface area contributed by atoms with Gasteiger partial charge in [-0.3, -0.25) is 0 Å². The van der Waals surface area contributed by atoms with E-state index in [4.69, 9.17) is 0 Å². The lowest BCUT2D eigenvalue weighted by molar-refractivity contribution is 0.827. The van der Waals surface area contributed by atoms with Crippen LogP contribution < -0.4 is 0 Å². The van der Waals surface area contributed by atoms with E-state index < -0.39 is 0 Å². The molecule has 0 atom stereocenters. The van der Waals surface area contributed by atoms with Gasteiger partial charge in [0.25, 0.3) is 0 Å². The van der Waals surface area contributed by atoms with Crippen molar-refractivity contribution in [3.05, 3.63) is 181 Å². The van der Waals surface area contributed by atoms with Gasteiger partial charge in [0.05, 0.1) is 0 Å². The largest absolute Gasteiger partial charge is 0.341 e. The van der Waals surface area contributed by atoms with Gasteiger partial charge in [0.15, 0.2) is 0 Å². The molecule has 3 nitrogen and oxygen atoms in total. The van der Waals surface area contributed by atoms with Crippen LogP contribution in [0.2, 0.25) is 0 Å². The Labute approximate surface area is 326 Å². The summed E-state index contributed by atoms with van der Waals surface area (Å²) in [5.74, 6) is 0. The number of aryl methyl sites for hydroxylation is 2. The van der Waals surface area contributed by atoms with Crippen molar-refractivity contribution in [2.75, 3.05) is 0 Å². The lowest BCUT2D eigenvalue weighted by Gasteiger charge is -2.15. The molecule has 0 amide bonds. The first-order valence-corrected chi connectivity index (χ1v) is 19.9. The van der Waals surface area contributed by atoms with Gasteiger partial charge in [0.1, 0.15) is 0 Å². The zero-order valence-electron chi connectivity index (χ0n) is 31.7. The van der Waals surface area contributed by atoms with Crippen molar-refractivity contribution in [3.63, 3.8) is 0 Å². The van der Waals surface area contributed by atoms with Crippen LogP contribution in [0.25, 0.3) is 98.8 Å². The first-order chi connectivity index (χ1) is 27.7. The number of aromatic nitrogens is 3. The third kappa shape index (κ3) is 4.97. The van der Waals surface area contributed by atoms with Gasteiger partial charge in [-0.25, -0.2) is 0 Å². The molecule has 268 valence electrons. The number of benzene rings is 8. The van der Waals surface area contributed by atoms with Crippen molar-refractivity contribution in [2.24, 2.45) is 0 Å². The van der Waals surface area contributed by atoms with E-state index in [1.165, 1.54) is 104 Å². The number of rotatable bonds is 7. The predicted octanol–water partition coefficient (Wildman–Crippen LogP) is 14.1. The van der Waals surface area contributed by atoms with Gasteiger partial charge in [-0.1, -0.05) is 115 Å². The van der Waals surface area contributed by atoms with Crippen molar-refractivity contribution in [2.45, 2.75) is 33.5 Å². The molecule has 0 aliphatic carbocycles. The minimum atomic E-state index is 0.827. The smallest absolute Gasteiger partial charge is 0.0494 e. The van der Waals surface area contributed by atoms with Gasteiger partial charge >= 0.3 is 0 Å². The van der Waals surface area contributed by atoms with Crippen molar-refractivity contribution >= 4 is 65.4 Å². The molecule has 56 heavy (non-hydrogen) atoms. The summed E-state index contributed by atoms with van der Waals surface area (Å²) < 4.78 is 7.34. The third-order valence-corrected chi connectivity index (χ3v) is 12.1. The molecule has 8 aromatic carbocycles. The number of para-hydroxylation sites is 3. The molecule has 0 spiro atoms. The lowest BCUT2D eigenvalue weighted by atomic mass is 9.89. The highest BCUT2D eigenvalue weighted by Crippen LogP contribution is 2.42. The number of hydrogen-bond donors (Lipinski definition) is 0. The van der Waals surface area contributed by atoms with Crippen molar-refractivity contribution < 1.29 is 0 Å². The van der Waals surface area contributed by atoms with E-state index in [0.29, 0.717) is 0 Å². The van der Waals surface area contributed by atoms with Crippen molar-refractivity contribution in [1.29, 1.82) is 0 Å². The molecule has 3 heteroatoms. The summed E-state index contributed by atoms with van der Waals surface area (Å²) in [7, 11) is 0. The number of fused-ring (bicyclic) bond motifs is 9. The molecule has 0 N–H and O–H groups in total. The highest BCUT2D eigenvalue weighted by Gasteiger charge is 2.18. The van der Waals surface area contributed by atoms with E-state index in [-0.39, 0.29) is 0 Å². The summed E-state index contributed by atoms with van der Waals surface area (Å²) in [6.45, 7) is 7.17. The van der Waals surface area contributed by atoms with E-state index in [1.54, 1.807) is 0 Å². The molecule has 0 unspecified atom stereocenters. The molecule has 0 aliphatic heterocycles. The molecule has 3 aromatic heterocycles. The number of nitrogens with zero attached hydrogens (tertiary/aromatic N) is 3. The third-order valence-electron chi connectivity index (χ3n) is 12.1. The van der Waals surface area contributed by atoms with Crippen molar-refractivity contribution in [3.8, 4) is 33.4 Å². The number of hydrogen-bond acceptors (Lipinski definition) is 0. The van der Waals surface area contributed by atoms with Crippen LogP contribution in [0.5, 0.6) is 0 Å². The molecule has 0 aliphatic rings. The summed E-state index contributed by atoms with van der Waals surface area (Å²) in [6.07, 6.45) is 0. The van der Waals surface area contributed by atoms with E-state index in [2.05, 4.69) is 203 Å². The summed E-state index contributed by atoms with van der Waals surface area (Å²) in [6, 6.07) is 65.6. The molecule has 0 radical (unpaired) electrons. The Morgan fingerprint density at radius 3 is 1.25 bits per heavy atom. The summed E-state index contributed by atoms with van der Waals surface area (Å²) in [5, 5.41) is 7.77. The molecule has 11 rings (SSSR count). The van der Waals surface area contributed by atoms with Crippen LogP contribution >= 0.6 is 0 Å². The Balaban J connectivity index is 1.14. The molecule has 3 heterocycles. The molecule has 0 saturated carbocycles. The lowest BCUT2D eigenvalue weighted by Crippen LogP contribution is -1.99. The van der Waals surface area contributed by atoms with Crippen LogP contribution in [0, 0.1) is 0 Å². The SMILES string of the molecule is CCn1c2ccccc2c2cc(-c3ccc(-c4ccc5c(c4)c4ccccc4n5CC)c(-c4ccc5c(c4)c4ccccc4n5Cc4ccccc4)c3)ccc21. The van der Waals surface area contributed by atoms with Gasteiger partial charge < -0.3 is 13.7 Å². The zero-order valence-corrected chi connectivity index (χ0v) is 31.7. The van der Waals surface area contributed by atoms with E-state index in [1.807, 2.05) is 0 Å². The van der Waals surface area contributed by atoms with Gasteiger partial charge in [-0.15, -0.1) is 0 Å². The second-order valence-electron chi connectivity index (χ2n) is 15.1. The predicted molar refractivity (Wildman–Crippen MR) is 239 cm³/mol. The molecule has 11 aromatic rings. The molecule has 0 saturated heterocycles. The first kappa shape index (κ1) is 32.6. The normalized spacial score (nSPS) is 12.0. The standard InChI is InChI=1S/C53H41N3/c1-3-54-48-19-11-8-16-41(48)45-31-37(23-27-51(45)54)36-22-26-40(38-24-28-52-46(32-38)42-17-9-12-20-49(42)55(52)4-2)44(30-36)39-25-29-53-47(33-39)43-18-10-13-21-50(43)56(53)34-35-14-6-5-7-15-35/h5-33H,3-4,34H2,1-2H3. The van der Waals surface area contributed by atoms with Gasteiger partial charge in [0.2, 0.25) is 0 Å². The highest BCUT2D eigenvalue weighted by molar-refractivity contribution is 6.12. The fraction of sp³-hybridized carbons (Fsp3) is 0.0943. The molecule has 0 bridgehead atoms. The fourth-order valence-electron chi connectivity index (χ4n) is 9.51. The second-order valence-corrected chi connectivity index (χ2v) is 15.1. The van der Waals surface area contributed by atoms with Crippen LogP contribution in [0.3, 0.4) is 0 Å². The Morgan fingerprint density at radius 1 is 0.304 bits per heavy atom. The van der Waals surface area contributed by atoms with Gasteiger partial charge in [0, 0.05) is 85.1 Å².